The third kappa shape index (κ3) is 5.76. The highest BCUT2D eigenvalue weighted by molar-refractivity contribution is 5.93. The lowest BCUT2D eigenvalue weighted by molar-refractivity contribution is -0.437. The summed E-state index contributed by atoms with van der Waals surface area (Å²) in [5.41, 5.74) is 3.07. The van der Waals surface area contributed by atoms with E-state index in [4.69, 9.17) is 5.26 Å². The van der Waals surface area contributed by atoms with Gasteiger partial charge in [0.1, 0.15) is 0 Å². The zero-order valence-corrected chi connectivity index (χ0v) is 13.8. The van der Waals surface area contributed by atoms with Gasteiger partial charge < -0.3 is 5.32 Å². The highest BCUT2D eigenvalue weighted by Crippen LogP contribution is 2.21. The van der Waals surface area contributed by atoms with E-state index in [1.54, 1.807) is 35.2 Å². The molecule has 0 aliphatic heterocycles. The lowest BCUT2D eigenvalue weighted by Crippen LogP contribution is -2.24. The van der Waals surface area contributed by atoms with Crippen LogP contribution in [0.5, 0.6) is 0 Å². The Morgan fingerprint density at radius 1 is 1.32 bits per heavy atom. The van der Waals surface area contributed by atoms with Gasteiger partial charge >= 0.3 is 0 Å². The Kier molecular flexibility index (Phi) is 8.89. The van der Waals surface area contributed by atoms with E-state index < -0.39 is 0 Å². The fourth-order valence-electron chi connectivity index (χ4n) is 1.88. The van der Waals surface area contributed by atoms with Gasteiger partial charge in [-0.3, -0.25) is 4.79 Å². The number of aryl methyl sites for hydroxylation is 2. The fourth-order valence-corrected chi connectivity index (χ4v) is 1.88. The lowest BCUT2D eigenvalue weighted by atomic mass is 10.0. The van der Waals surface area contributed by atoms with Gasteiger partial charge in [-0.05, 0) is 49.8 Å². The summed E-state index contributed by atoms with van der Waals surface area (Å²) in [6.07, 6.45) is 4.82. The molecule has 0 heterocycles. The number of nitrogens with one attached hydrogen (secondary N) is 1. The van der Waals surface area contributed by atoms with Crippen LogP contribution >= 0.6 is 0 Å². The largest absolute Gasteiger partial charge is 0.320 e. The number of nitrogens with zero attached hydrogens (tertiary/aromatic N) is 2. The summed E-state index contributed by atoms with van der Waals surface area (Å²) in [6.45, 7) is 15.1. The van der Waals surface area contributed by atoms with Crippen LogP contribution in [0.1, 0.15) is 30.5 Å². The number of hydrogen-bond donors (Lipinski definition) is 1. The first kappa shape index (κ1) is 19.3. The summed E-state index contributed by atoms with van der Waals surface area (Å²) in [4.78, 5) is 12.0. The van der Waals surface area contributed by atoms with Crippen molar-refractivity contribution in [3.05, 3.63) is 54.3 Å². The SMILES string of the molecule is C=CC=[N+](C=C)CC(=O)Nc1c(C)cc(C#N)cc1C.CC. The Hall–Kier alpha value is -2.67. The van der Waals surface area contributed by atoms with Gasteiger partial charge in [0, 0.05) is 5.69 Å². The van der Waals surface area contributed by atoms with E-state index in [9.17, 15) is 4.79 Å². The van der Waals surface area contributed by atoms with Crippen LogP contribution in [0.4, 0.5) is 5.69 Å². The van der Waals surface area contributed by atoms with Crippen LogP contribution in [-0.2, 0) is 4.79 Å². The van der Waals surface area contributed by atoms with Gasteiger partial charge in [0.15, 0.2) is 12.4 Å². The monoisotopic (exact) mass is 298 g/mol. The quantitative estimate of drug-likeness (QED) is 0.667. The van der Waals surface area contributed by atoms with E-state index in [2.05, 4.69) is 24.5 Å². The molecule has 0 radical (unpaired) electrons. The summed E-state index contributed by atoms with van der Waals surface area (Å²) in [6, 6.07) is 5.60. The zero-order chi connectivity index (χ0) is 17.1. The summed E-state index contributed by atoms with van der Waals surface area (Å²) < 4.78 is 1.64. The molecule has 0 atom stereocenters. The number of carbonyl (C=O) groups excluding carboxylic acids is 1. The molecule has 4 nitrogen and oxygen atoms in total. The van der Waals surface area contributed by atoms with Crippen LogP contribution in [0.2, 0.25) is 0 Å². The molecule has 0 aliphatic carbocycles. The molecule has 22 heavy (non-hydrogen) atoms. The van der Waals surface area contributed by atoms with Crippen LogP contribution < -0.4 is 5.32 Å². The van der Waals surface area contributed by atoms with E-state index >= 15 is 0 Å². The smallest absolute Gasteiger partial charge is 0.290 e. The number of anilines is 1. The lowest BCUT2D eigenvalue weighted by Gasteiger charge is -2.11. The van der Waals surface area contributed by atoms with E-state index in [0.717, 1.165) is 16.8 Å². The van der Waals surface area contributed by atoms with Crippen molar-refractivity contribution >= 4 is 17.8 Å². The molecule has 0 saturated heterocycles. The number of nitriles is 1. The van der Waals surface area contributed by atoms with Gasteiger partial charge in [-0.1, -0.05) is 20.4 Å². The minimum absolute atomic E-state index is 0.154. The first-order chi connectivity index (χ1) is 10.5. The first-order valence-corrected chi connectivity index (χ1v) is 7.17. The molecule has 0 aromatic heterocycles. The number of carbonyl (C=O) groups is 1. The maximum Gasteiger partial charge on any atom is 0.290 e. The molecule has 1 rings (SSSR count). The van der Waals surface area contributed by atoms with Gasteiger partial charge in [0.25, 0.3) is 5.91 Å². The van der Waals surface area contributed by atoms with E-state index in [1.165, 1.54) is 0 Å². The minimum Gasteiger partial charge on any atom is -0.320 e. The Morgan fingerprint density at radius 2 is 1.86 bits per heavy atom. The van der Waals surface area contributed by atoms with Gasteiger partial charge in [-0.2, -0.15) is 9.84 Å². The average molecular weight is 298 g/mol. The second-order valence-corrected chi connectivity index (χ2v) is 4.38. The molecular formula is C18H24N3O+. The molecule has 0 aliphatic rings. The van der Waals surface area contributed by atoms with Crippen molar-refractivity contribution in [3.8, 4) is 6.07 Å². The molecule has 4 heteroatoms. The molecule has 0 unspecified atom stereocenters. The number of hydrogen-bond acceptors (Lipinski definition) is 2. The number of allylic oxidation sites excluding steroid dienone is 1. The summed E-state index contributed by atoms with van der Waals surface area (Å²) in [5, 5.41) is 11.8. The van der Waals surface area contributed by atoms with Crippen molar-refractivity contribution in [2.75, 3.05) is 11.9 Å². The first-order valence-electron chi connectivity index (χ1n) is 7.17. The van der Waals surface area contributed by atoms with Crippen molar-refractivity contribution in [1.29, 1.82) is 5.26 Å². The van der Waals surface area contributed by atoms with Crippen molar-refractivity contribution in [2.24, 2.45) is 0 Å². The molecule has 1 N–H and O–H groups in total. The topological polar surface area (TPSA) is 55.9 Å². The Morgan fingerprint density at radius 3 is 2.27 bits per heavy atom. The van der Waals surface area contributed by atoms with E-state index in [0.29, 0.717) is 5.56 Å². The summed E-state index contributed by atoms with van der Waals surface area (Å²) in [7, 11) is 0. The van der Waals surface area contributed by atoms with Crippen LogP contribution in [0, 0.1) is 25.2 Å². The van der Waals surface area contributed by atoms with Crippen LogP contribution in [-0.4, -0.2) is 23.2 Å². The van der Waals surface area contributed by atoms with Gasteiger partial charge in [0.2, 0.25) is 6.54 Å². The zero-order valence-electron chi connectivity index (χ0n) is 13.8. The predicted octanol–water partition coefficient (Wildman–Crippen LogP) is 3.55. The van der Waals surface area contributed by atoms with Gasteiger partial charge in [-0.25, -0.2) is 0 Å². The molecular weight excluding hydrogens is 274 g/mol. The molecule has 1 aromatic carbocycles. The van der Waals surface area contributed by atoms with E-state index in [-0.39, 0.29) is 12.5 Å². The second-order valence-electron chi connectivity index (χ2n) is 4.38. The Balaban J connectivity index is 0.00000211. The minimum atomic E-state index is -0.154. The predicted molar refractivity (Wildman–Crippen MR) is 92.2 cm³/mol. The van der Waals surface area contributed by atoms with Crippen LogP contribution in [0.15, 0.2) is 37.6 Å². The highest BCUT2D eigenvalue weighted by Gasteiger charge is 2.12. The Bertz CT molecular complexity index is 599. The summed E-state index contributed by atoms with van der Waals surface area (Å²) in [5.74, 6) is -0.154. The van der Waals surface area contributed by atoms with Crippen molar-refractivity contribution < 1.29 is 9.37 Å². The molecule has 0 bridgehead atoms. The van der Waals surface area contributed by atoms with Gasteiger partial charge in [-0.15, -0.1) is 0 Å². The molecule has 0 spiro atoms. The number of amides is 1. The molecule has 0 saturated carbocycles. The second kappa shape index (κ2) is 10.1. The van der Waals surface area contributed by atoms with Gasteiger partial charge in [0.05, 0.1) is 11.6 Å². The normalized spacial score (nSPS) is 9.86. The maximum absolute atomic E-state index is 12.0. The average Bonchev–Trinajstić information content (AvgIpc) is 2.52. The van der Waals surface area contributed by atoms with Crippen LogP contribution in [0.25, 0.3) is 0 Å². The third-order valence-corrected chi connectivity index (χ3v) is 2.78. The third-order valence-electron chi connectivity index (χ3n) is 2.78. The van der Waals surface area contributed by atoms with Crippen molar-refractivity contribution in [2.45, 2.75) is 27.7 Å². The fraction of sp³-hybridized carbons (Fsp3) is 0.278. The maximum atomic E-state index is 12.0. The van der Waals surface area contributed by atoms with E-state index in [1.807, 2.05) is 27.7 Å². The molecule has 116 valence electrons. The molecule has 1 amide bonds. The van der Waals surface area contributed by atoms with Crippen molar-refractivity contribution in [1.82, 2.24) is 0 Å². The number of rotatable bonds is 5. The van der Waals surface area contributed by atoms with Crippen LogP contribution in [0.3, 0.4) is 0 Å². The Labute approximate surface area is 133 Å². The molecule has 0 fully saturated rings. The molecule has 1 aromatic rings. The number of benzene rings is 1. The summed E-state index contributed by atoms with van der Waals surface area (Å²) >= 11 is 0. The highest BCUT2D eigenvalue weighted by atomic mass is 16.1. The standard InChI is InChI=1S/C16H17N3O.C2H6/c1-5-7-19(6-2)11-15(20)18-16-12(3)8-14(10-17)9-13(16)4;1-2/h5-9H,1-2,11H2,3-4H3;1-2H3/p+1. The van der Waals surface area contributed by atoms with Crippen molar-refractivity contribution in [3.63, 3.8) is 0 Å².